The number of hydrogen-bond acceptors (Lipinski definition) is 4. The quantitative estimate of drug-likeness (QED) is 0.744. The Morgan fingerprint density at radius 1 is 1.53 bits per heavy atom. The lowest BCUT2D eigenvalue weighted by molar-refractivity contribution is -0.138. The molecule has 1 aliphatic heterocycles. The van der Waals surface area contributed by atoms with Crippen LogP contribution in [0.25, 0.3) is 0 Å². The molecule has 0 unspecified atom stereocenters. The standard InChI is InChI=1S/C13H14N2O2/c1-2-17-13(16)11-6-5-9-15(10-11)12-7-3-4-8-14-12/h3-9H,2,10H2,1H3. The molecule has 2 rings (SSSR count). The fourth-order valence-corrected chi connectivity index (χ4v) is 1.59. The fraction of sp³-hybridized carbons (Fsp3) is 0.231. The van der Waals surface area contributed by atoms with Crippen molar-refractivity contribution >= 4 is 11.8 Å². The Labute approximate surface area is 100 Å². The molecule has 1 aromatic heterocycles. The Bertz CT molecular complexity index is 452. The molecular formula is C13H14N2O2. The summed E-state index contributed by atoms with van der Waals surface area (Å²) in [6, 6.07) is 5.68. The van der Waals surface area contributed by atoms with E-state index in [1.807, 2.05) is 35.4 Å². The molecule has 0 fully saturated rings. The zero-order valence-electron chi connectivity index (χ0n) is 9.67. The van der Waals surface area contributed by atoms with Crippen LogP contribution in [-0.4, -0.2) is 24.1 Å². The van der Waals surface area contributed by atoms with Crippen LogP contribution >= 0.6 is 0 Å². The Morgan fingerprint density at radius 3 is 3.12 bits per heavy atom. The van der Waals surface area contributed by atoms with Gasteiger partial charge in [0.2, 0.25) is 0 Å². The number of esters is 1. The molecule has 0 bridgehead atoms. The van der Waals surface area contributed by atoms with Crippen molar-refractivity contribution in [3.63, 3.8) is 0 Å². The van der Waals surface area contributed by atoms with Gasteiger partial charge in [0.25, 0.3) is 0 Å². The normalized spacial score (nSPS) is 14.4. The van der Waals surface area contributed by atoms with E-state index < -0.39 is 0 Å². The van der Waals surface area contributed by atoms with Crippen molar-refractivity contribution < 1.29 is 9.53 Å². The van der Waals surface area contributed by atoms with E-state index in [0.29, 0.717) is 18.7 Å². The molecule has 4 nitrogen and oxygen atoms in total. The lowest BCUT2D eigenvalue weighted by atomic mass is 10.2. The van der Waals surface area contributed by atoms with Crippen LogP contribution in [0.5, 0.6) is 0 Å². The number of hydrogen-bond donors (Lipinski definition) is 0. The van der Waals surface area contributed by atoms with E-state index in [-0.39, 0.29) is 5.97 Å². The van der Waals surface area contributed by atoms with Crippen LogP contribution < -0.4 is 4.90 Å². The third-order valence-corrected chi connectivity index (χ3v) is 2.39. The maximum atomic E-state index is 11.6. The number of pyridine rings is 1. The number of ether oxygens (including phenoxy) is 1. The zero-order chi connectivity index (χ0) is 12.1. The van der Waals surface area contributed by atoms with Gasteiger partial charge in [-0.25, -0.2) is 9.78 Å². The van der Waals surface area contributed by atoms with Crippen LogP contribution in [-0.2, 0) is 9.53 Å². The molecule has 0 aromatic carbocycles. The van der Waals surface area contributed by atoms with Gasteiger partial charge in [-0.1, -0.05) is 6.07 Å². The van der Waals surface area contributed by atoms with Crippen LogP contribution in [0.1, 0.15) is 6.92 Å². The van der Waals surface area contributed by atoms with Crippen molar-refractivity contribution in [3.8, 4) is 0 Å². The van der Waals surface area contributed by atoms with Gasteiger partial charge in [-0.3, -0.25) is 0 Å². The minimum absolute atomic E-state index is 0.266. The second kappa shape index (κ2) is 5.30. The molecule has 17 heavy (non-hydrogen) atoms. The van der Waals surface area contributed by atoms with Gasteiger partial charge in [0.15, 0.2) is 0 Å². The highest BCUT2D eigenvalue weighted by Gasteiger charge is 2.16. The van der Waals surface area contributed by atoms with Crippen LogP contribution in [0.15, 0.2) is 48.3 Å². The van der Waals surface area contributed by atoms with Crippen molar-refractivity contribution in [2.75, 3.05) is 18.1 Å². The van der Waals surface area contributed by atoms with Gasteiger partial charge in [-0.2, -0.15) is 0 Å². The maximum Gasteiger partial charge on any atom is 0.335 e. The average molecular weight is 230 g/mol. The second-order valence-electron chi connectivity index (χ2n) is 3.57. The van der Waals surface area contributed by atoms with Crippen LogP contribution in [0.4, 0.5) is 5.82 Å². The largest absolute Gasteiger partial charge is 0.463 e. The fourth-order valence-electron chi connectivity index (χ4n) is 1.59. The number of carbonyl (C=O) groups is 1. The zero-order valence-corrected chi connectivity index (χ0v) is 9.67. The average Bonchev–Trinajstić information content (AvgIpc) is 2.40. The van der Waals surface area contributed by atoms with Gasteiger partial charge < -0.3 is 9.64 Å². The molecule has 0 amide bonds. The minimum atomic E-state index is -0.266. The molecule has 1 aromatic rings. The Hall–Kier alpha value is -2.10. The highest BCUT2D eigenvalue weighted by molar-refractivity contribution is 5.90. The Balaban J connectivity index is 2.10. The molecule has 88 valence electrons. The number of allylic oxidation sites excluding steroid dienone is 2. The lowest BCUT2D eigenvalue weighted by Gasteiger charge is -2.22. The summed E-state index contributed by atoms with van der Waals surface area (Å²) in [5, 5.41) is 0. The second-order valence-corrected chi connectivity index (χ2v) is 3.57. The van der Waals surface area contributed by atoms with E-state index in [1.165, 1.54) is 0 Å². The van der Waals surface area contributed by atoms with Crippen molar-refractivity contribution in [1.82, 2.24) is 4.98 Å². The van der Waals surface area contributed by atoms with E-state index in [0.717, 1.165) is 5.82 Å². The summed E-state index contributed by atoms with van der Waals surface area (Å²) in [6.45, 7) is 2.68. The van der Waals surface area contributed by atoms with Gasteiger partial charge >= 0.3 is 5.97 Å². The molecule has 0 spiro atoms. The van der Waals surface area contributed by atoms with Crippen molar-refractivity contribution in [3.05, 3.63) is 48.3 Å². The number of carbonyl (C=O) groups excluding carboxylic acids is 1. The third kappa shape index (κ3) is 2.72. The lowest BCUT2D eigenvalue weighted by Crippen LogP contribution is -2.26. The maximum absolute atomic E-state index is 11.6. The molecule has 0 radical (unpaired) electrons. The first kappa shape index (κ1) is 11.4. The van der Waals surface area contributed by atoms with Crippen LogP contribution in [0.2, 0.25) is 0 Å². The van der Waals surface area contributed by atoms with Gasteiger partial charge in [0.1, 0.15) is 5.82 Å². The van der Waals surface area contributed by atoms with Crippen molar-refractivity contribution in [2.45, 2.75) is 6.92 Å². The minimum Gasteiger partial charge on any atom is -0.463 e. The molecule has 4 heteroatoms. The summed E-state index contributed by atoms with van der Waals surface area (Å²) >= 11 is 0. The molecule has 0 N–H and O–H groups in total. The molecule has 0 saturated carbocycles. The number of nitrogens with zero attached hydrogens (tertiary/aromatic N) is 2. The van der Waals surface area contributed by atoms with E-state index in [2.05, 4.69) is 4.98 Å². The summed E-state index contributed by atoms with van der Waals surface area (Å²) < 4.78 is 4.98. The SMILES string of the molecule is CCOC(=O)C1=CC=CN(c2ccccn2)C1. The first-order valence-electron chi connectivity index (χ1n) is 5.53. The van der Waals surface area contributed by atoms with E-state index in [1.54, 1.807) is 19.2 Å². The molecule has 0 saturated heterocycles. The summed E-state index contributed by atoms with van der Waals surface area (Å²) in [4.78, 5) is 17.7. The molecule has 1 aliphatic rings. The van der Waals surface area contributed by atoms with Gasteiger partial charge in [0.05, 0.1) is 18.7 Å². The van der Waals surface area contributed by atoms with E-state index in [4.69, 9.17) is 4.74 Å². The number of anilines is 1. The molecule has 2 heterocycles. The predicted octanol–water partition coefficient (Wildman–Crippen LogP) is 1.90. The molecular weight excluding hydrogens is 216 g/mol. The van der Waals surface area contributed by atoms with E-state index in [9.17, 15) is 4.79 Å². The number of rotatable bonds is 3. The molecule has 0 atom stereocenters. The summed E-state index contributed by atoms with van der Waals surface area (Å²) in [7, 11) is 0. The third-order valence-electron chi connectivity index (χ3n) is 2.39. The van der Waals surface area contributed by atoms with Crippen molar-refractivity contribution in [2.24, 2.45) is 0 Å². The monoisotopic (exact) mass is 230 g/mol. The van der Waals surface area contributed by atoms with Crippen molar-refractivity contribution in [1.29, 1.82) is 0 Å². The summed E-state index contributed by atoms with van der Waals surface area (Å²) in [5.41, 5.74) is 0.639. The highest BCUT2D eigenvalue weighted by Crippen LogP contribution is 2.16. The van der Waals surface area contributed by atoms with Gasteiger partial charge in [-0.05, 0) is 31.2 Å². The Morgan fingerprint density at radius 2 is 2.41 bits per heavy atom. The molecule has 0 aliphatic carbocycles. The summed E-state index contributed by atoms with van der Waals surface area (Å²) in [5.74, 6) is 0.552. The van der Waals surface area contributed by atoms with Gasteiger partial charge in [0, 0.05) is 12.4 Å². The topological polar surface area (TPSA) is 42.4 Å². The van der Waals surface area contributed by atoms with Crippen LogP contribution in [0, 0.1) is 0 Å². The smallest absolute Gasteiger partial charge is 0.335 e. The van der Waals surface area contributed by atoms with Gasteiger partial charge in [-0.15, -0.1) is 0 Å². The Kier molecular flexibility index (Phi) is 3.55. The first-order valence-corrected chi connectivity index (χ1v) is 5.53. The highest BCUT2D eigenvalue weighted by atomic mass is 16.5. The van der Waals surface area contributed by atoms with E-state index >= 15 is 0 Å². The predicted molar refractivity (Wildman–Crippen MR) is 65.4 cm³/mol. The van der Waals surface area contributed by atoms with Crippen LogP contribution in [0.3, 0.4) is 0 Å². The summed E-state index contributed by atoms with van der Waals surface area (Å²) in [6.07, 6.45) is 7.22. The first-order chi connectivity index (χ1) is 8.31. The number of aromatic nitrogens is 1.